The summed E-state index contributed by atoms with van der Waals surface area (Å²) in [6.07, 6.45) is 2.88. The molecule has 3 rings (SSSR count). The van der Waals surface area contributed by atoms with Gasteiger partial charge in [-0.15, -0.1) is 0 Å². The fourth-order valence-corrected chi connectivity index (χ4v) is 3.53. The third-order valence-corrected chi connectivity index (χ3v) is 5.06. The van der Waals surface area contributed by atoms with Crippen molar-refractivity contribution < 1.29 is 23.0 Å². The van der Waals surface area contributed by atoms with Crippen LogP contribution < -0.4 is 20.1 Å². The SMILES string of the molecule is COc1cc(O[C@H]2CC[C@@H](F)CC2)c(F)cc1CNC(=O)[C@@H]1CCCN1. The highest BCUT2D eigenvalue weighted by atomic mass is 19.1. The molecule has 1 aliphatic carbocycles. The van der Waals surface area contributed by atoms with E-state index in [9.17, 15) is 13.6 Å². The van der Waals surface area contributed by atoms with E-state index in [4.69, 9.17) is 9.47 Å². The molecule has 1 saturated heterocycles. The van der Waals surface area contributed by atoms with Crippen LogP contribution in [-0.2, 0) is 11.3 Å². The molecule has 0 unspecified atom stereocenters. The van der Waals surface area contributed by atoms with Gasteiger partial charge in [0.05, 0.1) is 19.3 Å². The minimum atomic E-state index is -0.783. The number of carbonyl (C=O) groups excluding carboxylic acids is 1. The average Bonchev–Trinajstić information content (AvgIpc) is 3.18. The molecule has 2 fully saturated rings. The second-order valence-electron chi connectivity index (χ2n) is 6.95. The number of benzene rings is 1. The number of carbonyl (C=O) groups is 1. The molecule has 7 heteroatoms. The Balaban J connectivity index is 1.63. The monoisotopic (exact) mass is 368 g/mol. The van der Waals surface area contributed by atoms with E-state index in [-0.39, 0.29) is 30.3 Å². The van der Waals surface area contributed by atoms with Gasteiger partial charge in [-0.05, 0) is 51.1 Å². The molecule has 1 aromatic carbocycles. The molecule has 26 heavy (non-hydrogen) atoms. The summed E-state index contributed by atoms with van der Waals surface area (Å²) in [5.41, 5.74) is 0.552. The smallest absolute Gasteiger partial charge is 0.237 e. The number of methoxy groups -OCH3 is 1. The summed E-state index contributed by atoms with van der Waals surface area (Å²) >= 11 is 0. The number of alkyl halides is 1. The van der Waals surface area contributed by atoms with E-state index < -0.39 is 12.0 Å². The predicted octanol–water partition coefficient (Wildman–Crippen LogP) is 2.86. The van der Waals surface area contributed by atoms with Gasteiger partial charge in [0.25, 0.3) is 0 Å². The van der Waals surface area contributed by atoms with Crippen LogP contribution in [0.25, 0.3) is 0 Å². The van der Waals surface area contributed by atoms with E-state index in [0.29, 0.717) is 37.0 Å². The van der Waals surface area contributed by atoms with Gasteiger partial charge in [0.2, 0.25) is 5.91 Å². The van der Waals surface area contributed by atoms with Crippen LogP contribution in [0.4, 0.5) is 8.78 Å². The maximum absolute atomic E-state index is 14.4. The van der Waals surface area contributed by atoms with E-state index in [2.05, 4.69) is 10.6 Å². The minimum absolute atomic E-state index is 0.0896. The molecule has 1 aliphatic heterocycles. The Hall–Kier alpha value is -1.89. The van der Waals surface area contributed by atoms with Crippen molar-refractivity contribution in [2.75, 3.05) is 13.7 Å². The number of amides is 1. The van der Waals surface area contributed by atoms with E-state index in [1.54, 1.807) is 0 Å². The van der Waals surface area contributed by atoms with Crippen molar-refractivity contribution in [1.29, 1.82) is 0 Å². The number of ether oxygens (including phenoxy) is 2. The average molecular weight is 368 g/mol. The van der Waals surface area contributed by atoms with Crippen molar-refractivity contribution in [1.82, 2.24) is 10.6 Å². The van der Waals surface area contributed by atoms with E-state index in [1.165, 1.54) is 19.2 Å². The van der Waals surface area contributed by atoms with Gasteiger partial charge >= 0.3 is 0 Å². The molecule has 1 aromatic rings. The summed E-state index contributed by atoms with van der Waals surface area (Å²) in [7, 11) is 1.50. The predicted molar refractivity (Wildman–Crippen MR) is 93.6 cm³/mol. The molecule has 0 radical (unpaired) electrons. The first-order chi connectivity index (χ1) is 12.6. The highest BCUT2D eigenvalue weighted by Gasteiger charge is 2.24. The highest BCUT2D eigenvalue weighted by molar-refractivity contribution is 5.82. The molecule has 0 aromatic heterocycles. The summed E-state index contributed by atoms with van der Waals surface area (Å²) in [6, 6.07) is 2.66. The zero-order valence-corrected chi connectivity index (χ0v) is 15.0. The van der Waals surface area contributed by atoms with Crippen molar-refractivity contribution >= 4 is 5.91 Å². The number of rotatable bonds is 6. The third kappa shape index (κ3) is 4.63. The molecule has 0 spiro atoms. The minimum Gasteiger partial charge on any atom is -0.496 e. The lowest BCUT2D eigenvalue weighted by Crippen LogP contribution is -2.40. The standard InChI is InChI=1S/C19H26F2N2O3/c1-25-17-10-18(26-14-6-4-13(20)5-7-14)15(21)9-12(17)11-23-19(24)16-3-2-8-22-16/h9-10,13-14,16,22H,2-8,11H2,1H3,(H,23,24)/t13-,14+,16-/m0/s1. The van der Waals surface area contributed by atoms with Gasteiger partial charge in [-0.25, -0.2) is 8.78 Å². The van der Waals surface area contributed by atoms with Gasteiger partial charge in [0.1, 0.15) is 11.9 Å². The van der Waals surface area contributed by atoms with Crippen molar-refractivity contribution in [3.63, 3.8) is 0 Å². The fraction of sp³-hybridized carbons (Fsp3) is 0.632. The van der Waals surface area contributed by atoms with Crippen LogP contribution in [0.15, 0.2) is 12.1 Å². The van der Waals surface area contributed by atoms with Gasteiger partial charge in [-0.2, -0.15) is 0 Å². The summed E-state index contributed by atoms with van der Waals surface area (Å²) in [5.74, 6) is -0.0263. The topological polar surface area (TPSA) is 59.6 Å². The first-order valence-corrected chi connectivity index (χ1v) is 9.25. The summed E-state index contributed by atoms with van der Waals surface area (Å²) in [4.78, 5) is 12.1. The summed E-state index contributed by atoms with van der Waals surface area (Å²) in [5, 5.41) is 5.94. The van der Waals surface area contributed by atoms with Crippen LogP contribution in [0.2, 0.25) is 0 Å². The molecule has 1 amide bonds. The van der Waals surface area contributed by atoms with Crippen LogP contribution in [-0.4, -0.2) is 37.9 Å². The van der Waals surface area contributed by atoms with Crippen LogP contribution in [0, 0.1) is 5.82 Å². The maximum atomic E-state index is 14.4. The number of hydrogen-bond donors (Lipinski definition) is 2. The van der Waals surface area contributed by atoms with E-state index in [0.717, 1.165) is 19.4 Å². The molecule has 1 atom stereocenters. The Bertz CT molecular complexity index is 627. The van der Waals surface area contributed by atoms with Gasteiger partial charge in [-0.1, -0.05) is 0 Å². The molecule has 1 saturated carbocycles. The van der Waals surface area contributed by atoms with Gasteiger partial charge < -0.3 is 20.1 Å². The molecule has 2 aliphatic rings. The number of nitrogens with one attached hydrogen (secondary N) is 2. The number of halogens is 2. The van der Waals surface area contributed by atoms with Crippen molar-refractivity contribution in [2.45, 2.75) is 63.4 Å². The van der Waals surface area contributed by atoms with Gasteiger partial charge in [-0.3, -0.25) is 4.79 Å². The fourth-order valence-electron chi connectivity index (χ4n) is 3.53. The number of hydrogen-bond acceptors (Lipinski definition) is 4. The second-order valence-corrected chi connectivity index (χ2v) is 6.95. The van der Waals surface area contributed by atoms with Crippen molar-refractivity contribution in [2.24, 2.45) is 0 Å². The normalized spacial score (nSPS) is 25.7. The highest BCUT2D eigenvalue weighted by Crippen LogP contribution is 2.32. The van der Waals surface area contributed by atoms with Crippen LogP contribution >= 0.6 is 0 Å². The molecule has 0 bridgehead atoms. The lowest BCUT2D eigenvalue weighted by Gasteiger charge is -2.25. The molecule has 2 N–H and O–H groups in total. The largest absolute Gasteiger partial charge is 0.496 e. The maximum Gasteiger partial charge on any atom is 0.237 e. The Kier molecular flexibility index (Phi) is 6.29. The molecule has 144 valence electrons. The Labute approximate surface area is 152 Å². The second kappa shape index (κ2) is 8.66. The van der Waals surface area contributed by atoms with Crippen LogP contribution in [0.3, 0.4) is 0 Å². The zero-order valence-electron chi connectivity index (χ0n) is 15.0. The lowest BCUT2D eigenvalue weighted by atomic mass is 9.96. The lowest BCUT2D eigenvalue weighted by molar-refractivity contribution is -0.122. The van der Waals surface area contributed by atoms with Crippen LogP contribution in [0.1, 0.15) is 44.1 Å². The summed E-state index contributed by atoms with van der Waals surface area (Å²) in [6.45, 7) is 1.02. The van der Waals surface area contributed by atoms with Crippen LogP contribution in [0.5, 0.6) is 11.5 Å². The van der Waals surface area contributed by atoms with Crippen molar-refractivity contribution in [3.8, 4) is 11.5 Å². The first-order valence-electron chi connectivity index (χ1n) is 9.25. The molecular weight excluding hydrogens is 342 g/mol. The van der Waals surface area contributed by atoms with Gasteiger partial charge in [0.15, 0.2) is 11.6 Å². The van der Waals surface area contributed by atoms with E-state index in [1.807, 2.05) is 0 Å². The Morgan fingerprint density at radius 3 is 2.65 bits per heavy atom. The Morgan fingerprint density at radius 1 is 1.23 bits per heavy atom. The molecule has 1 heterocycles. The Morgan fingerprint density at radius 2 is 2.00 bits per heavy atom. The zero-order chi connectivity index (χ0) is 18.5. The third-order valence-electron chi connectivity index (χ3n) is 5.06. The quantitative estimate of drug-likeness (QED) is 0.811. The summed E-state index contributed by atoms with van der Waals surface area (Å²) < 4.78 is 38.7. The molecular formula is C19H26F2N2O3. The van der Waals surface area contributed by atoms with E-state index >= 15 is 0 Å². The first kappa shape index (κ1) is 18.9. The van der Waals surface area contributed by atoms with Gasteiger partial charge in [0, 0.05) is 18.2 Å². The molecule has 5 nitrogen and oxygen atoms in total. The van der Waals surface area contributed by atoms with Crippen molar-refractivity contribution in [3.05, 3.63) is 23.5 Å².